The molecule has 17 heavy (non-hydrogen) atoms. The Morgan fingerprint density at radius 1 is 1.29 bits per heavy atom. The first-order valence-corrected chi connectivity index (χ1v) is 6.77. The van der Waals surface area contributed by atoms with Crippen LogP contribution in [0.25, 0.3) is 0 Å². The fraction of sp³-hybridized carbons (Fsp3) is 0.500. The van der Waals surface area contributed by atoms with Gasteiger partial charge in [-0.3, -0.25) is 0 Å². The molecule has 1 nitrogen and oxygen atoms in total. The van der Waals surface area contributed by atoms with E-state index < -0.39 is 0 Å². The number of fused-ring (bicyclic) bond motifs is 1. The standard InChI is InChI=1S/C16H23N/c1-3-4-5-11-17-13(2)15-10-9-14-7-6-8-16(14)12-15/h3-4,9-10,12-13,17H,5-8,11H2,1-2H3/b4-3+. The molecule has 0 heterocycles. The lowest BCUT2D eigenvalue weighted by Gasteiger charge is -2.15. The van der Waals surface area contributed by atoms with Crippen molar-refractivity contribution in [3.63, 3.8) is 0 Å². The fourth-order valence-electron chi connectivity index (χ4n) is 2.53. The Morgan fingerprint density at radius 2 is 2.12 bits per heavy atom. The van der Waals surface area contributed by atoms with Gasteiger partial charge in [0.25, 0.3) is 0 Å². The van der Waals surface area contributed by atoms with Crippen molar-refractivity contribution in [1.82, 2.24) is 5.32 Å². The highest BCUT2D eigenvalue weighted by molar-refractivity contribution is 5.36. The molecular weight excluding hydrogens is 206 g/mol. The highest BCUT2D eigenvalue weighted by atomic mass is 14.9. The first kappa shape index (κ1) is 12.4. The van der Waals surface area contributed by atoms with Gasteiger partial charge in [-0.15, -0.1) is 0 Å². The van der Waals surface area contributed by atoms with Crippen LogP contribution in [0.5, 0.6) is 0 Å². The van der Waals surface area contributed by atoms with Gasteiger partial charge in [-0.25, -0.2) is 0 Å². The summed E-state index contributed by atoms with van der Waals surface area (Å²) in [7, 11) is 0. The second kappa shape index (κ2) is 6.02. The van der Waals surface area contributed by atoms with Crippen molar-refractivity contribution in [3.05, 3.63) is 47.0 Å². The average molecular weight is 229 g/mol. The molecule has 0 fully saturated rings. The number of hydrogen-bond donors (Lipinski definition) is 1. The van der Waals surface area contributed by atoms with Crippen molar-refractivity contribution in [1.29, 1.82) is 0 Å². The van der Waals surface area contributed by atoms with Crippen molar-refractivity contribution in [3.8, 4) is 0 Å². The van der Waals surface area contributed by atoms with E-state index in [-0.39, 0.29) is 0 Å². The number of rotatable bonds is 5. The van der Waals surface area contributed by atoms with E-state index in [2.05, 4.69) is 49.5 Å². The van der Waals surface area contributed by atoms with Gasteiger partial charge in [0.1, 0.15) is 0 Å². The molecule has 0 radical (unpaired) electrons. The van der Waals surface area contributed by atoms with Gasteiger partial charge in [0.05, 0.1) is 0 Å². The topological polar surface area (TPSA) is 12.0 Å². The maximum absolute atomic E-state index is 3.57. The number of aryl methyl sites for hydroxylation is 2. The third-order valence-corrected chi connectivity index (χ3v) is 3.62. The minimum absolute atomic E-state index is 0.464. The summed E-state index contributed by atoms with van der Waals surface area (Å²) in [4.78, 5) is 0. The smallest absolute Gasteiger partial charge is 0.0292 e. The molecule has 1 aromatic carbocycles. The Bertz CT molecular complexity index is 393. The van der Waals surface area contributed by atoms with Gasteiger partial charge in [-0.2, -0.15) is 0 Å². The third-order valence-electron chi connectivity index (χ3n) is 3.62. The molecule has 0 saturated carbocycles. The molecule has 1 atom stereocenters. The lowest BCUT2D eigenvalue weighted by Crippen LogP contribution is -2.19. The van der Waals surface area contributed by atoms with E-state index in [1.165, 1.54) is 24.8 Å². The minimum Gasteiger partial charge on any atom is -0.310 e. The van der Waals surface area contributed by atoms with E-state index >= 15 is 0 Å². The van der Waals surface area contributed by atoms with Gasteiger partial charge >= 0.3 is 0 Å². The van der Waals surface area contributed by atoms with Crippen LogP contribution >= 0.6 is 0 Å². The van der Waals surface area contributed by atoms with E-state index in [9.17, 15) is 0 Å². The third kappa shape index (κ3) is 3.19. The fourth-order valence-corrected chi connectivity index (χ4v) is 2.53. The van der Waals surface area contributed by atoms with E-state index in [0.717, 1.165) is 13.0 Å². The first-order chi connectivity index (χ1) is 8.31. The van der Waals surface area contributed by atoms with Gasteiger partial charge in [0, 0.05) is 6.04 Å². The Hall–Kier alpha value is -1.08. The molecule has 1 aliphatic carbocycles. The van der Waals surface area contributed by atoms with Gasteiger partial charge in [-0.05, 0) is 62.8 Å². The molecular formula is C16H23N. The molecule has 0 aliphatic heterocycles. The number of hydrogen-bond acceptors (Lipinski definition) is 1. The molecule has 0 bridgehead atoms. The minimum atomic E-state index is 0.464. The maximum Gasteiger partial charge on any atom is 0.0292 e. The molecule has 2 rings (SSSR count). The van der Waals surface area contributed by atoms with Crippen LogP contribution in [0, 0.1) is 0 Å². The van der Waals surface area contributed by atoms with Gasteiger partial charge in [-0.1, -0.05) is 30.4 Å². The summed E-state index contributed by atoms with van der Waals surface area (Å²) in [6.45, 7) is 5.39. The Balaban J connectivity index is 1.92. The van der Waals surface area contributed by atoms with Gasteiger partial charge < -0.3 is 5.32 Å². The molecule has 1 aliphatic rings. The molecule has 1 N–H and O–H groups in total. The first-order valence-electron chi connectivity index (χ1n) is 6.77. The lowest BCUT2D eigenvalue weighted by atomic mass is 10.0. The second-order valence-electron chi connectivity index (χ2n) is 4.92. The Kier molecular flexibility index (Phi) is 4.38. The maximum atomic E-state index is 3.57. The van der Waals surface area contributed by atoms with Crippen molar-refractivity contribution in [2.75, 3.05) is 6.54 Å². The van der Waals surface area contributed by atoms with Crippen LogP contribution in [0.4, 0.5) is 0 Å². The number of allylic oxidation sites excluding steroid dienone is 1. The van der Waals surface area contributed by atoms with Crippen LogP contribution in [0.15, 0.2) is 30.4 Å². The predicted molar refractivity (Wildman–Crippen MR) is 74.3 cm³/mol. The average Bonchev–Trinajstić information content (AvgIpc) is 2.81. The molecule has 1 aromatic rings. The molecule has 0 amide bonds. The highest BCUT2D eigenvalue weighted by Crippen LogP contribution is 2.25. The van der Waals surface area contributed by atoms with Crippen LogP contribution in [-0.4, -0.2) is 6.54 Å². The van der Waals surface area contributed by atoms with Gasteiger partial charge in [0.2, 0.25) is 0 Å². The van der Waals surface area contributed by atoms with Crippen molar-refractivity contribution in [2.45, 2.75) is 45.6 Å². The van der Waals surface area contributed by atoms with Crippen molar-refractivity contribution >= 4 is 0 Å². The largest absolute Gasteiger partial charge is 0.310 e. The summed E-state index contributed by atoms with van der Waals surface area (Å²) >= 11 is 0. The van der Waals surface area contributed by atoms with Crippen molar-refractivity contribution < 1.29 is 0 Å². The molecule has 1 unspecified atom stereocenters. The van der Waals surface area contributed by atoms with Crippen LogP contribution in [0.3, 0.4) is 0 Å². The summed E-state index contributed by atoms with van der Waals surface area (Å²) in [6.07, 6.45) is 9.32. The Labute approximate surface area is 105 Å². The second-order valence-corrected chi connectivity index (χ2v) is 4.92. The number of benzene rings is 1. The summed E-state index contributed by atoms with van der Waals surface area (Å²) in [6, 6.07) is 7.47. The SMILES string of the molecule is C/C=C/CCNC(C)c1ccc2c(c1)CCC2. The summed E-state index contributed by atoms with van der Waals surface area (Å²) in [5.74, 6) is 0. The van der Waals surface area contributed by atoms with Crippen LogP contribution in [0.2, 0.25) is 0 Å². The highest BCUT2D eigenvalue weighted by Gasteiger charge is 2.12. The van der Waals surface area contributed by atoms with E-state index in [1.54, 1.807) is 11.1 Å². The molecule has 1 heteroatoms. The lowest BCUT2D eigenvalue weighted by molar-refractivity contribution is 0.580. The number of nitrogens with one attached hydrogen (secondary N) is 1. The zero-order valence-corrected chi connectivity index (χ0v) is 11.0. The zero-order valence-electron chi connectivity index (χ0n) is 11.0. The van der Waals surface area contributed by atoms with Crippen LogP contribution in [0.1, 0.15) is 49.4 Å². The van der Waals surface area contributed by atoms with E-state index in [0.29, 0.717) is 6.04 Å². The normalized spacial score (nSPS) is 16.4. The monoisotopic (exact) mass is 229 g/mol. The molecule has 92 valence electrons. The summed E-state index contributed by atoms with van der Waals surface area (Å²) in [5.41, 5.74) is 4.57. The summed E-state index contributed by atoms with van der Waals surface area (Å²) < 4.78 is 0. The zero-order chi connectivity index (χ0) is 12.1. The van der Waals surface area contributed by atoms with E-state index in [4.69, 9.17) is 0 Å². The van der Waals surface area contributed by atoms with Crippen LogP contribution < -0.4 is 5.32 Å². The Morgan fingerprint density at radius 3 is 2.94 bits per heavy atom. The summed E-state index contributed by atoms with van der Waals surface area (Å²) in [5, 5.41) is 3.57. The molecule has 0 aromatic heterocycles. The quantitative estimate of drug-likeness (QED) is 0.598. The molecule has 0 spiro atoms. The molecule has 0 saturated heterocycles. The van der Waals surface area contributed by atoms with E-state index in [1.807, 2.05) is 0 Å². The van der Waals surface area contributed by atoms with Crippen molar-refractivity contribution in [2.24, 2.45) is 0 Å². The van der Waals surface area contributed by atoms with Gasteiger partial charge in [0.15, 0.2) is 0 Å². The van der Waals surface area contributed by atoms with Crippen LogP contribution in [-0.2, 0) is 12.8 Å². The predicted octanol–water partition coefficient (Wildman–Crippen LogP) is 3.79.